The van der Waals surface area contributed by atoms with Crippen LogP contribution in [0, 0.1) is 5.41 Å². The maximum Gasteiger partial charge on any atom is 0.158 e. The summed E-state index contributed by atoms with van der Waals surface area (Å²) in [5.74, 6) is 0. The zero-order valence-corrected chi connectivity index (χ0v) is 11.9. The second-order valence-electron chi connectivity index (χ2n) is 6.12. The van der Waals surface area contributed by atoms with Crippen LogP contribution in [0.25, 0.3) is 0 Å². The van der Waals surface area contributed by atoms with Gasteiger partial charge in [0.15, 0.2) is 9.84 Å². The van der Waals surface area contributed by atoms with Gasteiger partial charge in [0.25, 0.3) is 0 Å². The molecule has 4 heteroatoms. The summed E-state index contributed by atoms with van der Waals surface area (Å²) in [5.41, 5.74) is -0.246. The van der Waals surface area contributed by atoms with E-state index in [2.05, 4.69) is 0 Å². The van der Waals surface area contributed by atoms with Crippen LogP contribution < -0.4 is 0 Å². The van der Waals surface area contributed by atoms with E-state index < -0.39 is 14.6 Å². The molecular formula is C12H24O3S. The van der Waals surface area contributed by atoms with Crippen LogP contribution in [0.4, 0.5) is 0 Å². The van der Waals surface area contributed by atoms with E-state index >= 15 is 0 Å². The Bertz CT molecular complexity index is 330. The van der Waals surface area contributed by atoms with E-state index in [0.717, 1.165) is 0 Å². The Morgan fingerprint density at radius 3 is 1.81 bits per heavy atom. The first-order valence-corrected chi connectivity index (χ1v) is 7.46. The van der Waals surface area contributed by atoms with Crippen molar-refractivity contribution in [3.8, 4) is 0 Å². The molecule has 96 valence electrons. The Morgan fingerprint density at radius 2 is 1.44 bits per heavy atom. The van der Waals surface area contributed by atoms with Gasteiger partial charge in [-0.2, -0.15) is 0 Å². The minimum atomic E-state index is -3.10. The first kappa shape index (κ1) is 14.0. The molecule has 0 bridgehead atoms. The Hall–Kier alpha value is -0.0900. The molecule has 1 heterocycles. The van der Waals surface area contributed by atoms with Gasteiger partial charge in [0.2, 0.25) is 0 Å². The Labute approximate surface area is 99.5 Å². The molecule has 0 N–H and O–H groups in total. The largest absolute Gasteiger partial charge is 0.381 e. The quantitative estimate of drug-likeness (QED) is 0.753. The van der Waals surface area contributed by atoms with Gasteiger partial charge in [0.05, 0.1) is 10.00 Å². The molecule has 0 radical (unpaired) electrons. The van der Waals surface area contributed by atoms with Crippen molar-refractivity contribution in [2.75, 3.05) is 13.2 Å². The Balaban J connectivity index is 3.01. The van der Waals surface area contributed by atoms with Crippen LogP contribution in [-0.4, -0.2) is 31.6 Å². The van der Waals surface area contributed by atoms with Crippen molar-refractivity contribution in [3.05, 3.63) is 0 Å². The van der Waals surface area contributed by atoms with E-state index in [9.17, 15) is 8.42 Å². The summed E-state index contributed by atoms with van der Waals surface area (Å²) in [4.78, 5) is 0. The predicted octanol–water partition coefficient (Wildman–Crippen LogP) is 2.40. The summed E-state index contributed by atoms with van der Waals surface area (Å²) in [6.07, 6.45) is 1.28. The molecule has 0 aromatic carbocycles. The highest BCUT2D eigenvalue weighted by Gasteiger charge is 2.48. The van der Waals surface area contributed by atoms with Gasteiger partial charge >= 0.3 is 0 Å². The molecule has 1 rings (SSSR count). The van der Waals surface area contributed by atoms with E-state index in [1.165, 1.54) is 0 Å². The molecule has 1 aliphatic heterocycles. The van der Waals surface area contributed by atoms with Gasteiger partial charge in [-0.1, -0.05) is 20.8 Å². The van der Waals surface area contributed by atoms with E-state index in [1.54, 1.807) is 0 Å². The molecule has 1 fully saturated rings. The Kier molecular flexibility index (Phi) is 3.75. The summed E-state index contributed by atoms with van der Waals surface area (Å²) in [6, 6.07) is 0. The van der Waals surface area contributed by atoms with Gasteiger partial charge in [-0.25, -0.2) is 8.42 Å². The lowest BCUT2D eigenvalue weighted by molar-refractivity contribution is 0.0973. The second kappa shape index (κ2) is 4.30. The molecule has 0 aromatic rings. The zero-order valence-electron chi connectivity index (χ0n) is 11.0. The van der Waals surface area contributed by atoms with E-state index in [-0.39, 0.29) is 10.7 Å². The van der Waals surface area contributed by atoms with Gasteiger partial charge in [-0.15, -0.1) is 0 Å². The third kappa shape index (κ3) is 2.28. The molecule has 0 atom stereocenters. The average Bonchev–Trinajstić information content (AvgIpc) is 2.17. The smallest absolute Gasteiger partial charge is 0.158 e. The lowest BCUT2D eigenvalue weighted by Gasteiger charge is -2.41. The lowest BCUT2D eigenvalue weighted by Crippen LogP contribution is -2.50. The zero-order chi connectivity index (χ0) is 12.6. The van der Waals surface area contributed by atoms with E-state index in [0.29, 0.717) is 26.1 Å². The number of rotatable bonds is 2. The average molecular weight is 248 g/mol. The molecule has 0 spiro atoms. The molecular weight excluding hydrogens is 224 g/mol. The fraction of sp³-hybridized carbons (Fsp3) is 1.00. The van der Waals surface area contributed by atoms with E-state index in [4.69, 9.17) is 4.74 Å². The molecule has 0 saturated carbocycles. The molecule has 1 aliphatic rings. The van der Waals surface area contributed by atoms with Gasteiger partial charge in [0, 0.05) is 13.2 Å². The van der Waals surface area contributed by atoms with Crippen LogP contribution in [-0.2, 0) is 14.6 Å². The first-order chi connectivity index (χ1) is 7.11. The highest BCUT2D eigenvalue weighted by atomic mass is 32.2. The SMILES string of the molecule is CC(C)(C)C(C)(C)S(=O)(=O)C1CCOCC1. The summed E-state index contributed by atoms with van der Waals surface area (Å²) in [7, 11) is -3.10. The van der Waals surface area contributed by atoms with Crippen LogP contribution >= 0.6 is 0 Å². The normalized spacial score (nSPS) is 21.1. The highest BCUT2D eigenvalue weighted by Crippen LogP contribution is 2.40. The minimum absolute atomic E-state index is 0.226. The highest BCUT2D eigenvalue weighted by molar-refractivity contribution is 7.93. The summed E-state index contributed by atoms with van der Waals surface area (Å²) in [6.45, 7) is 10.8. The Morgan fingerprint density at radius 1 is 1.00 bits per heavy atom. The van der Waals surface area contributed by atoms with Crippen molar-refractivity contribution >= 4 is 9.84 Å². The first-order valence-electron chi connectivity index (χ1n) is 5.92. The van der Waals surface area contributed by atoms with Crippen molar-refractivity contribution in [1.82, 2.24) is 0 Å². The van der Waals surface area contributed by atoms with Crippen molar-refractivity contribution < 1.29 is 13.2 Å². The lowest BCUT2D eigenvalue weighted by atomic mass is 9.82. The summed E-state index contributed by atoms with van der Waals surface area (Å²) < 4.78 is 29.7. The van der Waals surface area contributed by atoms with E-state index in [1.807, 2.05) is 34.6 Å². The van der Waals surface area contributed by atoms with Gasteiger partial charge in [-0.05, 0) is 32.1 Å². The van der Waals surface area contributed by atoms with Crippen LogP contribution in [0.3, 0.4) is 0 Å². The van der Waals surface area contributed by atoms with Crippen molar-refractivity contribution in [2.45, 2.75) is 57.5 Å². The van der Waals surface area contributed by atoms with Gasteiger partial charge in [0.1, 0.15) is 0 Å². The van der Waals surface area contributed by atoms with Crippen molar-refractivity contribution in [3.63, 3.8) is 0 Å². The molecule has 3 nitrogen and oxygen atoms in total. The maximum absolute atomic E-state index is 12.6. The van der Waals surface area contributed by atoms with Gasteiger partial charge in [-0.3, -0.25) is 0 Å². The molecule has 0 aromatic heterocycles. The molecule has 0 unspecified atom stereocenters. The monoisotopic (exact) mass is 248 g/mol. The topological polar surface area (TPSA) is 43.4 Å². The van der Waals surface area contributed by atoms with Crippen LogP contribution in [0.15, 0.2) is 0 Å². The van der Waals surface area contributed by atoms with Gasteiger partial charge < -0.3 is 4.74 Å². The summed E-state index contributed by atoms with van der Waals surface area (Å²) in [5, 5.41) is -0.226. The molecule has 0 aliphatic carbocycles. The van der Waals surface area contributed by atoms with Crippen molar-refractivity contribution in [1.29, 1.82) is 0 Å². The fourth-order valence-corrected chi connectivity index (χ4v) is 4.33. The predicted molar refractivity (Wildman–Crippen MR) is 66.3 cm³/mol. The fourth-order valence-electron chi connectivity index (χ4n) is 1.83. The number of hydrogen-bond acceptors (Lipinski definition) is 3. The standard InChI is InChI=1S/C12H24O3S/c1-11(2,3)12(4,5)16(13,14)10-6-8-15-9-7-10/h10H,6-9H2,1-5H3. The maximum atomic E-state index is 12.6. The molecule has 16 heavy (non-hydrogen) atoms. The molecule has 1 saturated heterocycles. The summed E-state index contributed by atoms with van der Waals surface area (Å²) >= 11 is 0. The van der Waals surface area contributed by atoms with Crippen molar-refractivity contribution in [2.24, 2.45) is 5.41 Å². The third-order valence-corrected chi connectivity index (χ3v) is 7.51. The van der Waals surface area contributed by atoms with Crippen LogP contribution in [0.2, 0.25) is 0 Å². The number of hydrogen-bond donors (Lipinski definition) is 0. The number of ether oxygens (including phenoxy) is 1. The molecule has 0 amide bonds. The second-order valence-corrected chi connectivity index (χ2v) is 8.89. The third-order valence-electron chi connectivity index (χ3n) is 4.12. The minimum Gasteiger partial charge on any atom is -0.381 e. The number of sulfone groups is 1. The van der Waals surface area contributed by atoms with Crippen LogP contribution in [0.5, 0.6) is 0 Å². The van der Waals surface area contributed by atoms with Crippen LogP contribution in [0.1, 0.15) is 47.5 Å².